The van der Waals surface area contributed by atoms with Gasteiger partial charge in [-0.15, -0.1) is 0 Å². The second kappa shape index (κ2) is 7.13. The highest BCUT2D eigenvalue weighted by molar-refractivity contribution is 7.90. The van der Waals surface area contributed by atoms with Crippen molar-refractivity contribution in [2.45, 2.75) is 50.8 Å². The van der Waals surface area contributed by atoms with Crippen molar-refractivity contribution < 1.29 is 17.6 Å². The Balaban J connectivity index is 1.54. The van der Waals surface area contributed by atoms with Gasteiger partial charge in [-0.05, 0) is 57.7 Å². The van der Waals surface area contributed by atoms with Gasteiger partial charge in [-0.25, -0.2) is 18.1 Å². The molecule has 8 heteroatoms. The predicted molar refractivity (Wildman–Crippen MR) is 95.6 cm³/mol. The van der Waals surface area contributed by atoms with Crippen molar-refractivity contribution in [3.05, 3.63) is 24.6 Å². The lowest BCUT2D eigenvalue weighted by Gasteiger charge is -2.28. The average Bonchev–Trinajstić information content (AvgIpc) is 3.02. The fraction of sp³-hybridized carbons (Fsp3) is 0.529. The molecule has 1 heterocycles. The Labute approximate surface area is 147 Å². The van der Waals surface area contributed by atoms with Crippen LogP contribution in [0.4, 0.5) is 5.69 Å². The highest BCUT2D eigenvalue weighted by atomic mass is 32.2. The van der Waals surface area contributed by atoms with E-state index in [1.54, 1.807) is 32.0 Å². The minimum absolute atomic E-state index is 0.0342. The molecule has 0 atom stereocenters. The Morgan fingerprint density at radius 2 is 1.96 bits per heavy atom. The molecule has 2 aromatic rings. The maximum Gasteiger partial charge on any atom is 0.227 e. The minimum atomic E-state index is -3.27. The van der Waals surface area contributed by atoms with E-state index in [1.165, 1.54) is 6.39 Å². The Hall–Kier alpha value is -1.93. The molecular formula is C17H23N3O4S. The SMILES string of the molecule is CC(C)S(=O)(=O)NC1CCC(C(=O)Nc2ccc3ocnc3c2)CC1. The minimum Gasteiger partial charge on any atom is -0.443 e. The smallest absolute Gasteiger partial charge is 0.227 e. The van der Waals surface area contributed by atoms with E-state index in [-0.39, 0.29) is 17.9 Å². The van der Waals surface area contributed by atoms with E-state index in [0.717, 1.165) is 0 Å². The van der Waals surface area contributed by atoms with E-state index in [9.17, 15) is 13.2 Å². The molecule has 1 aromatic heterocycles. The molecule has 1 aliphatic rings. The first kappa shape index (κ1) is 17.9. The van der Waals surface area contributed by atoms with Gasteiger partial charge in [0.1, 0.15) is 5.52 Å². The number of aromatic nitrogens is 1. The van der Waals surface area contributed by atoms with Crippen LogP contribution < -0.4 is 10.0 Å². The predicted octanol–water partition coefficient (Wildman–Crippen LogP) is 2.65. The third-order valence-corrected chi connectivity index (χ3v) is 6.55. The lowest BCUT2D eigenvalue weighted by Crippen LogP contribution is -2.42. The second-order valence-electron chi connectivity index (χ2n) is 6.78. The third-order valence-electron chi connectivity index (χ3n) is 4.65. The summed E-state index contributed by atoms with van der Waals surface area (Å²) in [5, 5.41) is 2.47. The monoisotopic (exact) mass is 365 g/mol. The van der Waals surface area contributed by atoms with Crippen molar-refractivity contribution >= 4 is 32.7 Å². The summed E-state index contributed by atoms with van der Waals surface area (Å²) in [7, 11) is -3.27. The summed E-state index contributed by atoms with van der Waals surface area (Å²) in [6, 6.07) is 5.26. The van der Waals surface area contributed by atoms with E-state index in [4.69, 9.17) is 4.42 Å². The van der Waals surface area contributed by atoms with E-state index >= 15 is 0 Å². The number of hydrogen-bond acceptors (Lipinski definition) is 5. The molecule has 2 N–H and O–H groups in total. The number of carbonyl (C=O) groups excluding carboxylic acids is 1. The van der Waals surface area contributed by atoms with E-state index in [1.807, 2.05) is 0 Å². The van der Waals surface area contributed by atoms with Gasteiger partial charge < -0.3 is 9.73 Å². The maximum atomic E-state index is 12.4. The highest BCUT2D eigenvalue weighted by Gasteiger charge is 2.29. The second-order valence-corrected chi connectivity index (χ2v) is 9.05. The molecule has 0 bridgehead atoms. The van der Waals surface area contributed by atoms with Gasteiger partial charge in [0.05, 0.1) is 5.25 Å². The lowest BCUT2D eigenvalue weighted by atomic mass is 9.86. The molecule has 1 saturated carbocycles. The van der Waals surface area contributed by atoms with Crippen LogP contribution in [-0.4, -0.2) is 30.6 Å². The molecule has 0 unspecified atom stereocenters. The molecule has 25 heavy (non-hydrogen) atoms. The van der Waals surface area contributed by atoms with Gasteiger partial charge in [0.25, 0.3) is 0 Å². The summed E-state index contributed by atoms with van der Waals surface area (Å²) in [6.07, 6.45) is 4.06. The van der Waals surface area contributed by atoms with Crippen molar-refractivity contribution in [1.29, 1.82) is 0 Å². The zero-order valence-corrected chi connectivity index (χ0v) is 15.2. The van der Waals surface area contributed by atoms with Crippen molar-refractivity contribution in [1.82, 2.24) is 9.71 Å². The molecule has 0 saturated heterocycles. The molecule has 0 aliphatic heterocycles. The summed E-state index contributed by atoms with van der Waals surface area (Å²) in [6.45, 7) is 3.32. The third kappa shape index (κ3) is 4.19. The fourth-order valence-corrected chi connectivity index (χ4v) is 3.99. The van der Waals surface area contributed by atoms with Crippen LogP contribution in [-0.2, 0) is 14.8 Å². The van der Waals surface area contributed by atoms with Crippen LogP contribution >= 0.6 is 0 Å². The maximum absolute atomic E-state index is 12.4. The highest BCUT2D eigenvalue weighted by Crippen LogP contribution is 2.27. The van der Waals surface area contributed by atoms with Crippen LogP contribution in [0, 0.1) is 5.92 Å². The normalized spacial score (nSPS) is 21.6. The average molecular weight is 365 g/mol. The molecule has 7 nitrogen and oxygen atoms in total. The molecule has 1 aliphatic carbocycles. The van der Waals surface area contributed by atoms with E-state index in [2.05, 4.69) is 15.0 Å². The Morgan fingerprint density at radius 1 is 1.24 bits per heavy atom. The van der Waals surface area contributed by atoms with Gasteiger partial charge in [-0.3, -0.25) is 4.79 Å². The number of oxazole rings is 1. The van der Waals surface area contributed by atoms with Gasteiger partial charge in [-0.2, -0.15) is 0 Å². The van der Waals surface area contributed by atoms with Crippen LogP contribution in [0.1, 0.15) is 39.5 Å². The number of nitrogens with zero attached hydrogens (tertiary/aromatic N) is 1. The molecule has 0 radical (unpaired) electrons. The standard InChI is InChI=1S/C17H23N3O4S/c1-11(2)25(22,23)20-13-5-3-12(4-6-13)17(21)19-14-7-8-16-15(9-14)18-10-24-16/h7-13,20H,3-6H2,1-2H3,(H,19,21). The van der Waals surface area contributed by atoms with Crippen molar-refractivity contribution in [3.8, 4) is 0 Å². The number of nitrogens with one attached hydrogen (secondary N) is 2. The topological polar surface area (TPSA) is 101 Å². The quantitative estimate of drug-likeness (QED) is 0.848. The lowest BCUT2D eigenvalue weighted by molar-refractivity contribution is -0.120. The molecule has 1 amide bonds. The number of fused-ring (bicyclic) bond motifs is 1. The van der Waals surface area contributed by atoms with Crippen molar-refractivity contribution in [2.24, 2.45) is 5.92 Å². The summed E-state index contributed by atoms with van der Waals surface area (Å²) in [5.41, 5.74) is 2.06. The fourth-order valence-electron chi connectivity index (χ4n) is 3.02. The molecule has 1 aromatic carbocycles. The molecular weight excluding hydrogens is 342 g/mol. The Morgan fingerprint density at radius 3 is 2.64 bits per heavy atom. The van der Waals surface area contributed by atoms with E-state index < -0.39 is 15.3 Å². The number of hydrogen-bond donors (Lipinski definition) is 2. The van der Waals surface area contributed by atoms with E-state index in [0.29, 0.717) is 42.5 Å². The van der Waals surface area contributed by atoms with Crippen LogP contribution in [0.2, 0.25) is 0 Å². The van der Waals surface area contributed by atoms with Crippen LogP contribution in [0.5, 0.6) is 0 Å². The van der Waals surface area contributed by atoms with Crippen molar-refractivity contribution in [3.63, 3.8) is 0 Å². The number of carbonyl (C=O) groups is 1. The summed E-state index contributed by atoms with van der Waals surface area (Å²) >= 11 is 0. The molecule has 0 spiro atoms. The first-order valence-corrected chi connectivity index (χ1v) is 10.0. The zero-order chi connectivity index (χ0) is 18.0. The number of amides is 1. The number of anilines is 1. The largest absolute Gasteiger partial charge is 0.443 e. The first-order valence-electron chi connectivity index (χ1n) is 8.50. The van der Waals surface area contributed by atoms with Crippen LogP contribution in [0.15, 0.2) is 29.0 Å². The first-order chi connectivity index (χ1) is 11.8. The molecule has 3 rings (SSSR count). The van der Waals surface area contributed by atoms with Crippen LogP contribution in [0.3, 0.4) is 0 Å². The van der Waals surface area contributed by atoms with Gasteiger partial charge >= 0.3 is 0 Å². The zero-order valence-electron chi connectivity index (χ0n) is 14.4. The summed E-state index contributed by atoms with van der Waals surface area (Å²) < 4.78 is 31.8. The van der Waals surface area contributed by atoms with Gasteiger partial charge in [0, 0.05) is 17.6 Å². The Kier molecular flexibility index (Phi) is 5.10. The van der Waals surface area contributed by atoms with Crippen LogP contribution in [0.25, 0.3) is 11.1 Å². The summed E-state index contributed by atoms with van der Waals surface area (Å²) in [4.78, 5) is 16.5. The number of sulfonamides is 1. The van der Waals surface area contributed by atoms with Gasteiger partial charge in [0.15, 0.2) is 12.0 Å². The molecule has 136 valence electrons. The summed E-state index contributed by atoms with van der Waals surface area (Å²) in [5.74, 6) is -0.138. The number of benzene rings is 1. The van der Waals surface area contributed by atoms with Gasteiger partial charge in [0.2, 0.25) is 15.9 Å². The van der Waals surface area contributed by atoms with Crippen molar-refractivity contribution in [2.75, 3.05) is 5.32 Å². The molecule has 1 fully saturated rings. The Bertz CT molecular complexity index is 852. The van der Waals surface area contributed by atoms with Gasteiger partial charge in [-0.1, -0.05) is 0 Å². The number of rotatable bonds is 5.